The molecule has 0 aromatic heterocycles. The van der Waals surface area contributed by atoms with E-state index in [-0.39, 0.29) is 0 Å². The smallest absolute Gasteiger partial charge is 0.155 e. The van der Waals surface area contributed by atoms with E-state index in [1.54, 1.807) is 0 Å². The molecule has 1 aromatic carbocycles. The summed E-state index contributed by atoms with van der Waals surface area (Å²) in [7, 11) is 0.538. The van der Waals surface area contributed by atoms with Gasteiger partial charge in [0.2, 0.25) is 0 Å². The van der Waals surface area contributed by atoms with Crippen LogP contribution in [0.5, 0.6) is 5.75 Å². The Morgan fingerprint density at radius 2 is 1.81 bits per heavy atom. The van der Waals surface area contributed by atoms with Crippen LogP contribution in [0.2, 0.25) is 0 Å². The van der Waals surface area contributed by atoms with Crippen LogP contribution in [0.3, 0.4) is 0 Å². The first-order valence-corrected chi connectivity index (χ1v) is 7.87. The van der Waals surface area contributed by atoms with Gasteiger partial charge in [0, 0.05) is 10.9 Å². The van der Waals surface area contributed by atoms with Crippen molar-refractivity contribution in [3.05, 3.63) is 24.3 Å². The molecule has 0 N–H and O–H groups in total. The molecular formula is C14H21OS+. The van der Waals surface area contributed by atoms with Gasteiger partial charge >= 0.3 is 0 Å². The van der Waals surface area contributed by atoms with Gasteiger partial charge in [0.1, 0.15) is 17.3 Å². The van der Waals surface area contributed by atoms with Crippen LogP contribution in [0.1, 0.15) is 32.6 Å². The third kappa shape index (κ3) is 3.18. The minimum absolute atomic E-state index is 0.538. The van der Waals surface area contributed by atoms with E-state index in [1.165, 1.54) is 35.7 Å². The zero-order valence-corrected chi connectivity index (χ0v) is 10.9. The fourth-order valence-electron chi connectivity index (χ4n) is 1.95. The normalized spacial score (nSPS) is 16.6. The summed E-state index contributed by atoms with van der Waals surface area (Å²) in [4.78, 5) is 1.53. The highest BCUT2D eigenvalue weighted by Gasteiger charge is 2.26. The molecule has 1 aromatic rings. The molecular weight excluding hydrogens is 216 g/mol. The fourth-order valence-corrected chi connectivity index (χ4v) is 4.25. The van der Waals surface area contributed by atoms with E-state index in [4.69, 9.17) is 4.74 Å². The van der Waals surface area contributed by atoms with Gasteiger partial charge in [-0.15, -0.1) is 0 Å². The van der Waals surface area contributed by atoms with Gasteiger partial charge in [0.05, 0.1) is 6.61 Å². The average Bonchev–Trinajstić information content (AvgIpc) is 2.84. The predicted molar refractivity (Wildman–Crippen MR) is 71.4 cm³/mol. The van der Waals surface area contributed by atoms with Gasteiger partial charge in [0.15, 0.2) is 4.90 Å². The van der Waals surface area contributed by atoms with E-state index >= 15 is 0 Å². The van der Waals surface area contributed by atoms with Gasteiger partial charge in [-0.1, -0.05) is 13.3 Å². The number of benzene rings is 1. The standard InChI is InChI=1S/C14H21OS/c1-2-3-10-15-13-6-8-14(9-7-13)16-11-4-5-12-16/h6-9H,2-5,10-12H2,1H3/q+1. The molecule has 1 aliphatic heterocycles. The first-order valence-electron chi connectivity index (χ1n) is 6.30. The Balaban J connectivity index is 1.88. The quantitative estimate of drug-likeness (QED) is 0.561. The van der Waals surface area contributed by atoms with Crippen molar-refractivity contribution in [3.63, 3.8) is 0 Å². The van der Waals surface area contributed by atoms with E-state index in [9.17, 15) is 0 Å². The van der Waals surface area contributed by atoms with Crippen LogP contribution in [0, 0.1) is 0 Å². The van der Waals surface area contributed by atoms with Crippen molar-refractivity contribution in [3.8, 4) is 5.75 Å². The number of rotatable bonds is 5. The summed E-state index contributed by atoms with van der Waals surface area (Å²) >= 11 is 0. The highest BCUT2D eigenvalue weighted by Crippen LogP contribution is 2.24. The second-order valence-electron chi connectivity index (χ2n) is 4.28. The van der Waals surface area contributed by atoms with E-state index in [0.717, 1.165) is 18.8 Å². The second kappa shape index (κ2) is 6.19. The van der Waals surface area contributed by atoms with Crippen LogP contribution < -0.4 is 4.74 Å². The summed E-state index contributed by atoms with van der Waals surface area (Å²) in [6, 6.07) is 8.79. The van der Waals surface area contributed by atoms with Gasteiger partial charge in [0.25, 0.3) is 0 Å². The molecule has 1 fully saturated rings. The molecule has 0 spiro atoms. The van der Waals surface area contributed by atoms with Crippen molar-refractivity contribution < 1.29 is 4.74 Å². The summed E-state index contributed by atoms with van der Waals surface area (Å²) < 4.78 is 5.67. The molecule has 0 amide bonds. The Labute approximate surface area is 102 Å². The molecule has 0 radical (unpaired) electrons. The van der Waals surface area contributed by atoms with Crippen molar-refractivity contribution >= 4 is 10.9 Å². The highest BCUT2D eigenvalue weighted by molar-refractivity contribution is 7.97. The molecule has 1 saturated heterocycles. The van der Waals surface area contributed by atoms with Crippen LogP contribution >= 0.6 is 0 Å². The lowest BCUT2D eigenvalue weighted by Gasteiger charge is -2.05. The minimum atomic E-state index is 0.538. The Morgan fingerprint density at radius 1 is 1.12 bits per heavy atom. The molecule has 1 aliphatic rings. The van der Waals surface area contributed by atoms with Crippen LogP contribution in [-0.2, 0) is 10.9 Å². The predicted octanol–water partition coefficient (Wildman–Crippen LogP) is 3.64. The monoisotopic (exact) mass is 237 g/mol. The second-order valence-corrected chi connectivity index (χ2v) is 6.56. The van der Waals surface area contributed by atoms with E-state index < -0.39 is 0 Å². The fraction of sp³-hybridized carbons (Fsp3) is 0.571. The number of hydrogen-bond acceptors (Lipinski definition) is 1. The summed E-state index contributed by atoms with van der Waals surface area (Å²) in [6.45, 7) is 3.04. The van der Waals surface area contributed by atoms with Crippen LogP contribution in [0.4, 0.5) is 0 Å². The first-order chi connectivity index (χ1) is 7.90. The van der Waals surface area contributed by atoms with Gasteiger partial charge < -0.3 is 4.74 Å². The van der Waals surface area contributed by atoms with Crippen molar-refractivity contribution in [2.45, 2.75) is 37.5 Å². The number of ether oxygens (including phenoxy) is 1. The van der Waals surface area contributed by atoms with Crippen LogP contribution in [-0.4, -0.2) is 18.1 Å². The molecule has 0 unspecified atom stereocenters. The lowest BCUT2D eigenvalue weighted by atomic mass is 10.3. The Bertz CT molecular complexity index is 301. The highest BCUT2D eigenvalue weighted by atomic mass is 32.2. The third-order valence-electron chi connectivity index (χ3n) is 2.96. The zero-order valence-electron chi connectivity index (χ0n) is 10.1. The number of unbranched alkanes of at least 4 members (excludes halogenated alkanes) is 1. The SMILES string of the molecule is CCCCOc1ccc([S+]2CCCC2)cc1. The molecule has 0 bridgehead atoms. The van der Waals surface area contributed by atoms with Crippen molar-refractivity contribution in [1.82, 2.24) is 0 Å². The number of hydrogen-bond donors (Lipinski definition) is 0. The summed E-state index contributed by atoms with van der Waals surface area (Å²) in [6.07, 6.45) is 5.17. The van der Waals surface area contributed by atoms with Crippen LogP contribution in [0.25, 0.3) is 0 Å². The summed E-state index contributed by atoms with van der Waals surface area (Å²) in [5, 5.41) is 0. The summed E-state index contributed by atoms with van der Waals surface area (Å²) in [5.41, 5.74) is 0. The minimum Gasteiger partial charge on any atom is -0.494 e. The Hall–Kier alpha value is -0.630. The summed E-state index contributed by atoms with van der Waals surface area (Å²) in [5.74, 6) is 3.83. The molecule has 1 heterocycles. The first kappa shape index (κ1) is 11.8. The van der Waals surface area contributed by atoms with E-state index in [2.05, 4.69) is 31.2 Å². The van der Waals surface area contributed by atoms with E-state index in [1.807, 2.05) is 0 Å². The Morgan fingerprint density at radius 3 is 2.44 bits per heavy atom. The largest absolute Gasteiger partial charge is 0.494 e. The van der Waals surface area contributed by atoms with Crippen molar-refractivity contribution in [2.75, 3.05) is 18.1 Å². The maximum atomic E-state index is 5.67. The molecule has 88 valence electrons. The van der Waals surface area contributed by atoms with Gasteiger partial charge in [-0.05, 0) is 43.5 Å². The molecule has 0 aliphatic carbocycles. The van der Waals surface area contributed by atoms with Crippen molar-refractivity contribution in [1.29, 1.82) is 0 Å². The van der Waals surface area contributed by atoms with Crippen LogP contribution in [0.15, 0.2) is 29.2 Å². The topological polar surface area (TPSA) is 9.23 Å². The lowest BCUT2D eigenvalue weighted by Crippen LogP contribution is -2.03. The maximum Gasteiger partial charge on any atom is 0.155 e. The molecule has 2 heteroatoms. The average molecular weight is 237 g/mol. The van der Waals surface area contributed by atoms with Crippen molar-refractivity contribution in [2.24, 2.45) is 0 Å². The third-order valence-corrected chi connectivity index (χ3v) is 5.46. The molecule has 0 atom stereocenters. The molecule has 1 nitrogen and oxygen atoms in total. The van der Waals surface area contributed by atoms with Gasteiger partial charge in [-0.25, -0.2) is 0 Å². The maximum absolute atomic E-state index is 5.67. The molecule has 2 rings (SSSR count). The van der Waals surface area contributed by atoms with E-state index in [0.29, 0.717) is 10.9 Å². The molecule has 16 heavy (non-hydrogen) atoms. The zero-order chi connectivity index (χ0) is 11.2. The lowest BCUT2D eigenvalue weighted by molar-refractivity contribution is 0.309. The Kier molecular flexibility index (Phi) is 4.58. The molecule has 0 saturated carbocycles. The van der Waals surface area contributed by atoms with Gasteiger partial charge in [-0.2, -0.15) is 0 Å². The van der Waals surface area contributed by atoms with Gasteiger partial charge in [-0.3, -0.25) is 0 Å².